The van der Waals surface area contributed by atoms with Crippen LogP contribution in [0.5, 0.6) is 0 Å². The number of imide groups is 1. The van der Waals surface area contributed by atoms with Crippen molar-refractivity contribution in [3.05, 3.63) is 0 Å². The van der Waals surface area contributed by atoms with Gasteiger partial charge in [0.25, 0.3) is 0 Å². The van der Waals surface area contributed by atoms with E-state index in [4.69, 9.17) is 0 Å². The fourth-order valence-corrected chi connectivity index (χ4v) is 4.83. The summed E-state index contributed by atoms with van der Waals surface area (Å²) in [5.41, 5.74) is -1.11. The first-order valence-electron chi connectivity index (χ1n) is 7.01. The monoisotopic (exact) mass is 251 g/mol. The van der Waals surface area contributed by atoms with Crippen LogP contribution in [-0.4, -0.2) is 22.5 Å². The Morgan fingerprint density at radius 3 is 2.33 bits per heavy atom. The summed E-state index contributed by atoms with van der Waals surface area (Å²) < 4.78 is 0. The van der Waals surface area contributed by atoms with E-state index in [1.54, 1.807) is 6.92 Å². The van der Waals surface area contributed by atoms with Crippen LogP contribution in [0, 0.1) is 17.3 Å². The average molecular weight is 251 g/mol. The molecule has 2 N–H and O–H groups in total. The minimum absolute atomic E-state index is 0.137. The normalized spacial score (nSPS) is 45.0. The molecule has 4 fully saturated rings. The first-order chi connectivity index (χ1) is 8.45. The standard InChI is InChI=1S/C14H21NO3/c1-2-11(16)15-12(17)13-4-9-3-10(5-13)7-14(18,6-9)8-13/h9-10,18H,2-8H2,1H3,(H,15,16,17). The minimum Gasteiger partial charge on any atom is -0.390 e. The summed E-state index contributed by atoms with van der Waals surface area (Å²) >= 11 is 0. The third-order valence-corrected chi connectivity index (χ3v) is 5.09. The van der Waals surface area contributed by atoms with Crippen molar-refractivity contribution in [1.82, 2.24) is 5.32 Å². The fourth-order valence-electron chi connectivity index (χ4n) is 4.83. The highest BCUT2D eigenvalue weighted by molar-refractivity contribution is 5.98. The van der Waals surface area contributed by atoms with Gasteiger partial charge in [-0.3, -0.25) is 14.9 Å². The second-order valence-corrected chi connectivity index (χ2v) is 6.70. The van der Waals surface area contributed by atoms with Crippen molar-refractivity contribution in [1.29, 1.82) is 0 Å². The van der Waals surface area contributed by atoms with Gasteiger partial charge in [-0.2, -0.15) is 0 Å². The molecule has 4 aliphatic carbocycles. The van der Waals surface area contributed by atoms with Crippen LogP contribution in [0.25, 0.3) is 0 Å². The Morgan fingerprint density at radius 2 is 1.83 bits per heavy atom. The Bertz CT molecular complexity index is 390. The number of hydrogen-bond acceptors (Lipinski definition) is 3. The lowest BCUT2D eigenvalue weighted by atomic mass is 9.47. The zero-order valence-electron chi connectivity index (χ0n) is 10.9. The summed E-state index contributed by atoms with van der Waals surface area (Å²) in [6.07, 6.45) is 5.44. The quantitative estimate of drug-likeness (QED) is 0.779. The van der Waals surface area contributed by atoms with Crippen molar-refractivity contribution in [2.45, 2.75) is 57.5 Å². The van der Waals surface area contributed by atoms with Crippen molar-refractivity contribution < 1.29 is 14.7 Å². The summed E-state index contributed by atoms with van der Waals surface area (Å²) in [6.45, 7) is 1.75. The lowest BCUT2D eigenvalue weighted by molar-refractivity contribution is -0.178. The summed E-state index contributed by atoms with van der Waals surface area (Å²) in [5.74, 6) is 0.599. The first-order valence-corrected chi connectivity index (χ1v) is 7.01. The van der Waals surface area contributed by atoms with Gasteiger partial charge in [0.05, 0.1) is 11.0 Å². The van der Waals surface area contributed by atoms with Gasteiger partial charge in [-0.25, -0.2) is 0 Å². The van der Waals surface area contributed by atoms with Crippen LogP contribution in [-0.2, 0) is 9.59 Å². The molecule has 2 atom stereocenters. The molecule has 2 unspecified atom stereocenters. The highest BCUT2D eigenvalue weighted by atomic mass is 16.3. The molecule has 4 nitrogen and oxygen atoms in total. The maximum absolute atomic E-state index is 12.4. The zero-order valence-corrected chi connectivity index (χ0v) is 10.9. The molecule has 0 aromatic heterocycles. The SMILES string of the molecule is CCC(=O)NC(=O)C12CC3CC(CC(O)(C3)C1)C2. The molecule has 4 rings (SSSR count). The van der Waals surface area contributed by atoms with Crippen LogP contribution in [0.1, 0.15) is 51.9 Å². The van der Waals surface area contributed by atoms with Crippen molar-refractivity contribution in [3.8, 4) is 0 Å². The third kappa shape index (κ3) is 1.78. The van der Waals surface area contributed by atoms with Gasteiger partial charge in [0, 0.05) is 6.42 Å². The molecule has 0 aliphatic heterocycles. The molecule has 0 spiro atoms. The predicted molar refractivity (Wildman–Crippen MR) is 65.5 cm³/mol. The van der Waals surface area contributed by atoms with Gasteiger partial charge in [-0.15, -0.1) is 0 Å². The molecule has 2 amide bonds. The predicted octanol–water partition coefficient (Wildman–Crippen LogP) is 1.37. The van der Waals surface area contributed by atoms with E-state index in [0.29, 0.717) is 24.7 Å². The van der Waals surface area contributed by atoms with E-state index >= 15 is 0 Å². The van der Waals surface area contributed by atoms with E-state index in [1.807, 2.05) is 0 Å². The zero-order chi connectivity index (χ0) is 13.0. The number of carbonyl (C=O) groups is 2. The second kappa shape index (κ2) is 3.80. The van der Waals surface area contributed by atoms with E-state index in [0.717, 1.165) is 32.1 Å². The van der Waals surface area contributed by atoms with Crippen LogP contribution < -0.4 is 5.32 Å². The highest BCUT2D eigenvalue weighted by Crippen LogP contribution is 2.61. The van der Waals surface area contributed by atoms with Crippen molar-refractivity contribution in [2.75, 3.05) is 0 Å². The molecular weight excluding hydrogens is 230 g/mol. The molecule has 4 aliphatic rings. The number of amides is 2. The van der Waals surface area contributed by atoms with Crippen LogP contribution >= 0.6 is 0 Å². The summed E-state index contributed by atoms with van der Waals surface area (Å²) in [4.78, 5) is 23.8. The molecule has 18 heavy (non-hydrogen) atoms. The van der Waals surface area contributed by atoms with Gasteiger partial charge in [-0.1, -0.05) is 6.92 Å². The molecule has 4 bridgehead atoms. The van der Waals surface area contributed by atoms with Crippen molar-refractivity contribution in [3.63, 3.8) is 0 Å². The highest BCUT2D eigenvalue weighted by Gasteiger charge is 2.60. The average Bonchev–Trinajstić information content (AvgIpc) is 2.25. The molecule has 4 heteroatoms. The molecule has 0 radical (unpaired) electrons. The summed E-state index contributed by atoms with van der Waals surface area (Å²) in [5, 5.41) is 13.1. The number of nitrogens with one attached hydrogen (secondary N) is 1. The molecule has 0 aromatic rings. The van der Waals surface area contributed by atoms with Crippen LogP contribution in [0.3, 0.4) is 0 Å². The lowest BCUT2D eigenvalue weighted by Crippen LogP contribution is -2.60. The maximum Gasteiger partial charge on any atom is 0.232 e. The van der Waals surface area contributed by atoms with E-state index in [9.17, 15) is 14.7 Å². The van der Waals surface area contributed by atoms with Gasteiger partial charge in [0.1, 0.15) is 0 Å². The smallest absolute Gasteiger partial charge is 0.232 e. The molecular formula is C14H21NO3. The van der Waals surface area contributed by atoms with Gasteiger partial charge in [-0.05, 0) is 50.4 Å². The van der Waals surface area contributed by atoms with E-state index in [1.165, 1.54) is 0 Å². The molecule has 0 saturated heterocycles. The Labute approximate surface area is 107 Å². The van der Waals surface area contributed by atoms with Gasteiger partial charge in [0.2, 0.25) is 11.8 Å². The van der Waals surface area contributed by atoms with Crippen molar-refractivity contribution >= 4 is 11.8 Å². The molecule has 4 saturated carbocycles. The van der Waals surface area contributed by atoms with E-state index in [-0.39, 0.29) is 11.8 Å². The van der Waals surface area contributed by atoms with E-state index < -0.39 is 11.0 Å². The first kappa shape index (κ1) is 12.2. The number of hydrogen-bond donors (Lipinski definition) is 2. The Hall–Kier alpha value is -0.900. The molecule has 100 valence electrons. The number of carbonyl (C=O) groups excluding carboxylic acids is 2. The second-order valence-electron chi connectivity index (χ2n) is 6.70. The maximum atomic E-state index is 12.4. The topological polar surface area (TPSA) is 66.4 Å². The minimum atomic E-state index is -0.642. The van der Waals surface area contributed by atoms with Gasteiger partial charge >= 0.3 is 0 Å². The van der Waals surface area contributed by atoms with Gasteiger partial charge in [0.15, 0.2) is 0 Å². The lowest BCUT2D eigenvalue weighted by Gasteiger charge is -2.59. The molecule has 0 heterocycles. The van der Waals surface area contributed by atoms with Crippen LogP contribution in [0.15, 0.2) is 0 Å². The van der Waals surface area contributed by atoms with Crippen molar-refractivity contribution in [2.24, 2.45) is 17.3 Å². The van der Waals surface area contributed by atoms with Gasteiger partial charge < -0.3 is 5.11 Å². The third-order valence-electron chi connectivity index (χ3n) is 5.09. The van der Waals surface area contributed by atoms with Crippen LogP contribution in [0.2, 0.25) is 0 Å². The fraction of sp³-hybridized carbons (Fsp3) is 0.857. The Kier molecular flexibility index (Phi) is 2.56. The Balaban J connectivity index is 1.82. The summed E-state index contributed by atoms with van der Waals surface area (Å²) in [7, 11) is 0. The number of aliphatic hydroxyl groups is 1. The summed E-state index contributed by atoms with van der Waals surface area (Å²) in [6, 6.07) is 0. The number of rotatable bonds is 2. The Morgan fingerprint density at radius 1 is 1.22 bits per heavy atom. The van der Waals surface area contributed by atoms with Crippen LogP contribution in [0.4, 0.5) is 0 Å². The van der Waals surface area contributed by atoms with E-state index in [2.05, 4.69) is 5.32 Å². The largest absolute Gasteiger partial charge is 0.390 e. The molecule has 0 aromatic carbocycles.